The summed E-state index contributed by atoms with van der Waals surface area (Å²) in [5.74, 6) is 0.654. The number of nitrogens with two attached hydrogens (primary N) is 1. The van der Waals surface area contributed by atoms with E-state index in [4.69, 9.17) is 18.0 Å². The van der Waals surface area contributed by atoms with E-state index in [9.17, 15) is 8.42 Å². The molecule has 1 aliphatic rings. The molecule has 4 nitrogen and oxygen atoms in total. The van der Waals surface area contributed by atoms with Crippen LogP contribution in [-0.2, 0) is 10.0 Å². The maximum Gasteiger partial charge on any atom is 0.217 e. The van der Waals surface area contributed by atoms with Gasteiger partial charge in [-0.2, -0.15) is 0 Å². The van der Waals surface area contributed by atoms with Gasteiger partial charge in [0.05, 0.1) is 15.3 Å². The van der Waals surface area contributed by atoms with Crippen LogP contribution in [0.15, 0.2) is 0 Å². The molecule has 0 amide bonds. The first-order chi connectivity index (χ1) is 8.54. The lowest BCUT2D eigenvalue weighted by atomic mass is 9.76. The SMILES string of the molecule is CCC1CCC(NS(=O)(=O)C(C)(C)C)(C(N)=S)CC1. The van der Waals surface area contributed by atoms with E-state index in [0.29, 0.717) is 18.8 Å². The monoisotopic (exact) mass is 306 g/mol. The lowest BCUT2D eigenvalue weighted by Crippen LogP contribution is -2.60. The van der Waals surface area contributed by atoms with E-state index >= 15 is 0 Å². The van der Waals surface area contributed by atoms with Crippen LogP contribution in [0.2, 0.25) is 0 Å². The average molecular weight is 306 g/mol. The topological polar surface area (TPSA) is 72.2 Å². The molecule has 112 valence electrons. The highest BCUT2D eigenvalue weighted by atomic mass is 32.2. The van der Waals surface area contributed by atoms with Crippen molar-refractivity contribution in [2.45, 2.75) is 70.1 Å². The second-order valence-corrected chi connectivity index (χ2v) is 9.39. The van der Waals surface area contributed by atoms with Crippen molar-refractivity contribution >= 4 is 27.2 Å². The van der Waals surface area contributed by atoms with E-state index in [2.05, 4.69) is 11.6 Å². The number of hydrogen-bond acceptors (Lipinski definition) is 3. The minimum atomic E-state index is -3.44. The second kappa shape index (κ2) is 5.66. The molecular weight excluding hydrogens is 280 g/mol. The fraction of sp³-hybridized carbons (Fsp3) is 0.923. The third-order valence-corrected chi connectivity index (χ3v) is 6.81. The van der Waals surface area contributed by atoms with Crippen LogP contribution in [0.25, 0.3) is 0 Å². The molecule has 19 heavy (non-hydrogen) atoms. The van der Waals surface area contributed by atoms with Gasteiger partial charge in [-0.1, -0.05) is 25.6 Å². The highest BCUT2D eigenvalue weighted by Gasteiger charge is 2.43. The summed E-state index contributed by atoms with van der Waals surface area (Å²) in [5.41, 5.74) is 5.11. The van der Waals surface area contributed by atoms with Crippen molar-refractivity contribution in [3.05, 3.63) is 0 Å². The van der Waals surface area contributed by atoms with Gasteiger partial charge in [0, 0.05) is 0 Å². The Hall–Kier alpha value is -0.200. The molecule has 0 atom stereocenters. The fourth-order valence-electron chi connectivity index (χ4n) is 2.39. The van der Waals surface area contributed by atoms with Gasteiger partial charge in [0.25, 0.3) is 0 Å². The molecule has 1 saturated carbocycles. The van der Waals surface area contributed by atoms with Crippen molar-refractivity contribution in [1.82, 2.24) is 4.72 Å². The van der Waals surface area contributed by atoms with Gasteiger partial charge in [-0.25, -0.2) is 13.1 Å². The van der Waals surface area contributed by atoms with Gasteiger partial charge >= 0.3 is 0 Å². The Bertz CT molecular complexity index is 430. The lowest BCUT2D eigenvalue weighted by molar-refractivity contribution is 0.268. The van der Waals surface area contributed by atoms with Crippen LogP contribution in [0.3, 0.4) is 0 Å². The summed E-state index contributed by atoms with van der Waals surface area (Å²) in [7, 11) is -3.44. The highest BCUT2D eigenvalue weighted by molar-refractivity contribution is 7.91. The van der Waals surface area contributed by atoms with E-state index in [1.54, 1.807) is 20.8 Å². The van der Waals surface area contributed by atoms with Crippen LogP contribution < -0.4 is 10.5 Å². The molecule has 0 bridgehead atoms. The molecule has 0 heterocycles. The molecule has 1 fully saturated rings. The zero-order chi connectivity index (χ0) is 14.9. The highest BCUT2D eigenvalue weighted by Crippen LogP contribution is 2.35. The van der Waals surface area contributed by atoms with Gasteiger partial charge in [-0.3, -0.25) is 0 Å². The largest absolute Gasteiger partial charge is 0.392 e. The van der Waals surface area contributed by atoms with Crippen molar-refractivity contribution in [2.75, 3.05) is 0 Å². The van der Waals surface area contributed by atoms with E-state index < -0.39 is 20.3 Å². The number of sulfonamides is 1. The molecule has 0 radical (unpaired) electrons. The summed E-state index contributed by atoms with van der Waals surface area (Å²) in [4.78, 5) is 0.273. The molecule has 0 aromatic rings. The zero-order valence-electron chi connectivity index (χ0n) is 12.3. The molecule has 0 aromatic carbocycles. The maximum atomic E-state index is 12.4. The first-order valence-corrected chi connectivity index (χ1v) is 8.76. The van der Waals surface area contributed by atoms with Crippen molar-refractivity contribution in [2.24, 2.45) is 11.7 Å². The maximum absolute atomic E-state index is 12.4. The van der Waals surface area contributed by atoms with Crippen LogP contribution in [0.1, 0.15) is 59.8 Å². The van der Waals surface area contributed by atoms with Crippen LogP contribution >= 0.6 is 12.2 Å². The van der Waals surface area contributed by atoms with Gasteiger partial charge in [-0.05, 0) is 52.4 Å². The first-order valence-electron chi connectivity index (χ1n) is 6.87. The standard InChI is InChI=1S/C13H26N2O2S2/c1-5-10-6-8-13(9-7-10,11(14)18)15-19(16,17)12(2,3)4/h10,15H,5-9H2,1-4H3,(H2,14,18). The summed E-state index contributed by atoms with van der Waals surface area (Å²) in [5, 5.41) is 0. The molecule has 0 saturated heterocycles. The van der Waals surface area contributed by atoms with Crippen molar-refractivity contribution in [1.29, 1.82) is 0 Å². The number of rotatable bonds is 4. The Labute approximate surface area is 122 Å². The minimum absolute atomic E-state index is 0.273. The van der Waals surface area contributed by atoms with Crippen LogP contribution in [0, 0.1) is 5.92 Å². The van der Waals surface area contributed by atoms with Gasteiger partial charge in [0.1, 0.15) is 0 Å². The number of hydrogen-bond donors (Lipinski definition) is 2. The Balaban J connectivity index is 2.96. The van der Waals surface area contributed by atoms with Crippen molar-refractivity contribution < 1.29 is 8.42 Å². The Morgan fingerprint density at radius 3 is 2.16 bits per heavy atom. The quantitative estimate of drug-likeness (QED) is 0.782. The van der Waals surface area contributed by atoms with Crippen LogP contribution in [0.5, 0.6) is 0 Å². The van der Waals surface area contributed by atoms with E-state index in [1.807, 2.05) is 0 Å². The van der Waals surface area contributed by atoms with E-state index in [-0.39, 0.29) is 4.99 Å². The summed E-state index contributed by atoms with van der Waals surface area (Å²) in [6, 6.07) is 0. The third kappa shape index (κ3) is 3.67. The second-order valence-electron chi connectivity index (χ2n) is 6.52. The molecule has 1 rings (SSSR count). The summed E-state index contributed by atoms with van der Waals surface area (Å²) in [6.07, 6.45) is 4.48. The molecule has 0 unspecified atom stereocenters. The summed E-state index contributed by atoms with van der Waals surface area (Å²) >= 11 is 5.14. The van der Waals surface area contributed by atoms with E-state index in [0.717, 1.165) is 19.3 Å². The lowest BCUT2D eigenvalue weighted by Gasteiger charge is -2.41. The Morgan fingerprint density at radius 1 is 1.37 bits per heavy atom. The minimum Gasteiger partial charge on any atom is -0.392 e. The van der Waals surface area contributed by atoms with Gasteiger partial charge in [0.2, 0.25) is 10.0 Å². The Kier molecular flexibility index (Phi) is 5.02. The third-order valence-electron chi connectivity index (χ3n) is 4.14. The molecule has 0 aromatic heterocycles. The van der Waals surface area contributed by atoms with Crippen molar-refractivity contribution in [3.63, 3.8) is 0 Å². The Morgan fingerprint density at radius 2 is 1.84 bits per heavy atom. The van der Waals surface area contributed by atoms with E-state index in [1.165, 1.54) is 0 Å². The normalized spacial score (nSPS) is 29.2. The fourth-order valence-corrected chi connectivity index (χ4v) is 3.84. The first kappa shape index (κ1) is 16.9. The molecule has 3 N–H and O–H groups in total. The number of nitrogens with one attached hydrogen (secondary N) is 1. The molecule has 0 spiro atoms. The van der Waals surface area contributed by atoms with Crippen LogP contribution in [-0.4, -0.2) is 23.7 Å². The average Bonchev–Trinajstić information content (AvgIpc) is 2.27. The summed E-state index contributed by atoms with van der Waals surface area (Å²) < 4.78 is 26.7. The summed E-state index contributed by atoms with van der Waals surface area (Å²) in [6.45, 7) is 7.21. The zero-order valence-corrected chi connectivity index (χ0v) is 14.0. The smallest absolute Gasteiger partial charge is 0.217 e. The number of thiocarbonyl (C=S) groups is 1. The molecular formula is C13H26N2O2S2. The van der Waals surface area contributed by atoms with Gasteiger partial charge in [0.15, 0.2) is 0 Å². The predicted octanol–water partition coefficient (Wildman–Crippen LogP) is 2.33. The predicted molar refractivity (Wildman–Crippen MR) is 83.6 cm³/mol. The molecule has 0 aliphatic heterocycles. The molecule has 1 aliphatic carbocycles. The van der Waals surface area contributed by atoms with Crippen LogP contribution in [0.4, 0.5) is 0 Å². The molecule has 6 heteroatoms. The van der Waals surface area contributed by atoms with Crippen molar-refractivity contribution in [3.8, 4) is 0 Å². The van der Waals surface area contributed by atoms with Gasteiger partial charge in [-0.15, -0.1) is 0 Å². The van der Waals surface area contributed by atoms with Gasteiger partial charge < -0.3 is 5.73 Å².